The van der Waals surface area contributed by atoms with E-state index >= 15 is 0 Å². The maximum atomic E-state index is 11.2. The number of amides is 1. The van der Waals surface area contributed by atoms with Gasteiger partial charge in [0.05, 0.1) is 0 Å². The van der Waals surface area contributed by atoms with Gasteiger partial charge in [-0.2, -0.15) is 0 Å². The first kappa shape index (κ1) is 14.9. The lowest BCUT2D eigenvalue weighted by atomic mass is 10.1. The van der Waals surface area contributed by atoms with Gasteiger partial charge in [-0.05, 0) is 25.0 Å². The standard InChI is InChI=1S/C13H20N2O2S/c1-10(7-8-18(2)17)15-9-11-5-3-4-6-12(11)13(14)16/h3-6,10,15H,7-9H2,1-2H3,(H2,14,16). The second-order valence-electron chi connectivity index (χ2n) is 4.37. The maximum Gasteiger partial charge on any atom is 0.249 e. The predicted molar refractivity (Wildman–Crippen MR) is 74.8 cm³/mol. The van der Waals surface area contributed by atoms with Crippen LogP contribution in [0.4, 0.5) is 0 Å². The van der Waals surface area contributed by atoms with Crippen molar-refractivity contribution in [1.82, 2.24) is 5.32 Å². The molecule has 0 heterocycles. The molecule has 2 unspecified atom stereocenters. The highest BCUT2D eigenvalue weighted by Crippen LogP contribution is 2.08. The quantitative estimate of drug-likeness (QED) is 0.776. The van der Waals surface area contributed by atoms with Gasteiger partial charge in [-0.1, -0.05) is 18.2 Å². The lowest BCUT2D eigenvalue weighted by molar-refractivity contribution is 0.0999. The van der Waals surface area contributed by atoms with Crippen molar-refractivity contribution < 1.29 is 9.00 Å². The molecule has 4 nitrogen and oxygen atoms in total. The summed E-state index contributed by atoms with van der Waals surface area (Å²) in [7, 11) is -0.760. The van der Waals surface area contributed by atoms with Gasteiger partial charge in [-0.25, -0.2) is 0 Å². The van der Waals surface area contributed by atoms with E-state index < -0.39 is 16.7 Å². The molecule has 0 fully saturated rings. The monoisotopic (exact) mass is 268 g/mol. The highest BCUT2D eigenvalue weighted by molar-refractivity contribution is 7.84. The molecule has 0 aliphatic heterocycles. The van der Waals surface area contributed by atoms with Crippen LogP contribution >= 0.6 is 0 Å². The van der Waals surface area contributed by atoms with Crippen molar-refractivity contribution in [2.45, 2.75) is 25.9 Å². The van der Waals surface area contributed by atoms with Crippen LogP contribution in [0.25, 0.3) is 0 Å². The Bertz CT molecular complexity index is 435. The average Bonchev–Trinajstić information content (AvgIpc) is 2.34. The summed E-state index contributed by atoms with van der Waals surface area (Å²) < 4.78 is 11.0. The summed E-state index contributed by atoms with van der Waals surface area (Å²) in [6, 6.07) is 7.56. The number of benzene rings is 1. The summed E-state index contributed by atoms with van der Waals surface area (Å²) in [6.07, 6.45) is 2.55. The number of nitrogens with one attached hydrogen (secondary N) is 1. The van der Waals surface area contributed by atoms with Crippen molar-refractivity contribution in [3.63, 3.8) is 0 Å². The maximum absolute atomic E-state index is 11.2. The molecule has 1 aromatic rings. The van der Waals surface area contributed by atoms with E-state index in [1.807, 2.05) is 19.1 Å². The fourth-order valence-corrected chi connectivity index (χ4v) is 2.33. The topological polar surface area (TPSA) is 72.2 Å². The summed E-state index contributed by atoms with van der Waals surface area (Å²) in [6.45, 7) is 2.64. The zero-order valence-corrected chi connectivity index (χ0v) is 11.6. The molecule has 0 aliphatic carbocycles. The van der Waals surface area contributed by atoms with Crippen molar-refractivity contribution in [2.24, 2.45) is 5.73 Å². The van der Waals surface area contributed by atoms with Crippen LogP contribution in [0.15, 0.2) is 24.3 Å². The smallest absolute Gasteiger partial charge is 0.249 e. The summed E-state index contributed by atoms with van der Waals surface area (Å²) in [4.78, 5) is 11.2. The van der Waals surface area contributed by atoms with Gasteiger partial charge in [0.2, 0.25) is 5.91 Å². The highest BCUT2D eigenvalue weighted by Gasteiger charge is 2.08. The summed E-state index contributed by atoms with van der Waals surface area (Å²) in [5, 5.41) is 3.31. The first-order chi connectivity index (χ1) is 8.50. The number of carbonyl (C=O) groups is 1. The van der Waals surface area contributed by atoms with E-state index in [2.05, 4.69) is 5.32 Å². The van der Waals surface area contributed by atoms with Crippen LogP contribution in [0.5, 0.6) is 0 Å². The normalized spacial score (nSPS) is 14.1. The third-order valence-corrected chi connectivity index (χ3v) is 3.57. The SMILES string of the molecule is CC(CCS(C)=O)NCc1ccccc1C(N)=O. The number of primary amides is 1. The van der Waals surface area contributed by atoms with E-state index in [0.717, 1.165) is 12.0 Å². The van der Waals surface area contributed by atoms with Crippen LogP contribution in [0.2, 0.25) is 0 Å². The number of rotatable bonds is 7. The van der Waals surface area contributed by atoms with Crippen molar-refractivity contribution in [1.29, 1.82) is 0 Å². The van der Waals surface area contributed by atoms with Gasteiger partial charge in [0, 0.05) is 41.0 Å². The Kier molecular flexibility index (Phi) is 6.01. The Morgan fingerprint density at radius 2 is 2.11 bits per heavy atom. The van der Waals surface area contributed by atoms with Gasteiger partial charge in [-0.3, -0.25) is 9.00 Å². The molecule has 0 bridgehead atoms. The number of hydrogen-bond donors (Lipinski definition) is 2. The fourth-order valence-electron chi connectivity index (χ4n) is 1.64. The van der Waals surface area contributed by atoms with Crippen molar-refractivity contribution in [2.75, 3.05) is 12.0 Å². The first-order valence-corrected chi connectivity index (χ1v) is 7.64. The minimum atomic E-state index is -0.760. The zero-order chi connectivity index (χ0) is 13.5. The minimum absolute atomic E-state index is 0.259. The van der Waals surface area contributed by atoms with Crippen LogP contribution in [-0.4, -0.2) is 28.2 Å². The third kappa shape index (κ3) is 4.98. The Morgan fingerprint density at radius 3 is 2.72 bits per heavy atom. The molecule has 1 amide bonds. The summed E-state index contributed by atoms with van der Waals surface area (Å²) in [5.41, 5.74) is 6.76. The van der Waals surface area contributed by atoms with E-state index in [1.165, 1.54) is 0 Å². The van der Waals surface area contributed by atoms with Crippen molar-refractivity contribution in [3.8, 4) is 0 Å². The van der Waals surface area contributed by atoms with Crippen LogP contribution < -0.4 is 11.1 Å². The molecule has 100 valence electrons. The highest BCUT2D eigenvalue weighted by atomic mass is 32.2. The molecule has 2 atom stereocenters. The molecule has 1 aromatic carbocycles. The van der Waals surface area contributed by atoms with Crippen LogP contribution in [0.3, 0.4) is 0 Å². The average molecular weight is 268 g/mol. The van der Waals surface area contributed by atoms with Gasteiger partial charge in [0.15, 0.2) is 0 Å². The second-order valence-corrected chi connectivity index (χ2v) is 5.92. The number of hydrogen-bond acceptors (Lipinski definition) is 3. The van der Waals surface area contributed by atoms with Crippen LogP contribution in [-0.2, 0) is 17.3 Å². The third-order valence-electron chi connectivity index (χ3n) is 2.76. The van der Waals surface area contributed by atoms with Crippen molar-refractivity contribution in [3.05, 3.63) is 35.4 Å². The molecular formula is C13H20N2O2S. The number of carbonyl (C=O) groups excluding carboxylic acids is 1. The zero-order valence-electron chi connectivity index (χ0n) is 10.8. The lowest BCUT2D eigenvalue weighted by Gasteiger charge is -2.14. The predicted octanol–water partition coefficient (Wildman–Crippen LogP) is 1.03. The van der Waals surface area contributed by atoms with Gasteiger partial charge >= 0.3 is 0 Å². The Hall–Kier alpha value is -1.20. The Morgan fingerprint density at radius 1 is 1.44 bits per heavy atom. The Labute approximate surface area is 110 Å². The van der Waals surface area contributed by atoms with E-state index in [1.54, 1.807) is 18.4 Å². The van der Waals surface area contributed by atoms with Gasteiger partial charge in [-0.15, -0.1) is 0 Å². The van der Waals surface area contributed by atoms with E-state index in [9.17, 15) is 9.00 Å². The largest absolute Gasteiger partial charge is 0.366 e. The molecular weight excluding hydrogens is 248 g/mol. The molecule has 0 saturated heterocycles. The Balaban J connectivity index is 2.53. The van der Waals surface area contributed by atoms with E-state index in [4.69, 9.17) is 5.73 Å². The number of nitrogens with two attached hydrogens (primary N) is 1. The summed E-state index contributed by atoms with van der Waals surface area (Å²) in [5.74, 6) is 0.278. The molecule has 5 heteroatoms. The lowest BCUT2D eigenvalue weighted by Crippen LogP contribution is -2.28. The molecule has 1 rings (SSSR count). The van der Waals surface area contributed by atoms with Gasteiger partial charge in [0.25, 0.3) is 0 Å². The molecule has 0 saturated carbocycles. The van der Waals surface area contributed by atoms with E-state index in [-0.39, 0.29) is 6.04 Å². The molecule has 0 aromatic heterocycles. The molecule has 3 N–H and O–H groups in total. The van der Waals surface area contributed by atoms with E-state index in [0.29, 0.717) is 17.9 Å². The van der Waals surface area contributed by atoms with Crippen LogP contribution in [0, 0.1) is 0 Å². The molecule has 18 heavy (non-hydrogen) atoms. The van der Waals surface area contributed by atoms with Crippen LogP contribution in [0.1, 0.15) is 29.3 Å². The fraction of sp³-hybridized carbons (Fsp3) is 0.462. The molecule has 0 radical (unpaired) electrons. The van der Waals surface area contributed by atoms with Gasteiger partial charge < -0.3 is 11.1 Å². The molecule has 0 aliphatic rings. The minimum Gasteiger partial charge on any atom is -0.366 e. The van der Waals surface area contributed by atoms with Crippen molar-refractivity contribution >= 4 is 16.7 Å². The molecule has 0 spiro atoms. The van der Waals surface area contributed by atoms with Gasteiger partial charge in [0.1, 0.15) is 0 Å². The second kappa shape index (κ2) is 7.28. The first-order valence-electron chi connectivity index (χ1n) is 5.92. The summed E-state index contributed by atoms with van der Waals surface area (Å²) >= 11 is 0.